The number of ether oxygens (including phenoxy) is 2. The zero-order valence-corrected chi connectivity index (χ0v) is 21.6. The lowest BCUT2D eigenvalue weighted by molar-refractivity contribution is 0.0764. The molecule has 0 amide bonds. The lowest BCUT2D eigenvalue weighted by Crippen LogP contribution is -2.37. The molecule has 7 heteroatoms. The van der Waals surface area contributed by atoms with Crippen molar-refractivity contribution < 1.29 is 29.2 Å². The van der Waals surface area contributed by atoms with Crippen molar-refractivity contribution in [2.75, 3.05) is 0 Å². The predicted octanol–water partition coefficient (Wildman–Crippen LogP) is 6.30. The van der Waals surface area contributed by atoms with Crippen LogP contribution < -0.4 is 14.9 Å². The average Bonchev–Trinajstić information content (AvgIpc) is 3.09. The Hall–Kier alpha value is -3.87. The molecule has 37 heavy (non-hydrogen) atoms. The first-order valence-corrected chi connectivity index (χ1v) is 12.6. The molecule has 0 radical (unpaired) electrons. The van der Waals surface area contributed by atoms with Gasteiger partial charge in [0.25, 0.3) is 0 Å². The molecule has 3 aliphatic rings. The maximum atomic E-state index is 13.9. The molecule has 1 aromatic heterocycles. The fraction of sp³-hybridized carbons (Fsp3) is 0.367. The minimum Gasteiger partial charge on any atom is -0.507 e. The van der Waals surface area contributed by atoms with Crippen molar-refractivity contribution in [1.82, 2.24) is 0 Å². The molecule has 1 aliphatic carbocycles. The molecule has 3 aromatic rings. The normalized spacial score (nSPS) is 22.0. The molecule has 0 bridgehead atoms. The Labute approximate surface area is 214 Å². The summed E-state index contributed by atoms with van der Waals surface area (Å²) in [6, 6.07) is 2.84. The van der Waals surface area contributed by atoms with Gasteiger partial charge >= 0.3 is 0 Å². The van der Waals surface area contributed by atoms with E-state index in [1.165, 1.54) is 11.6 Å². The summed E-state index contributed by atoms with van der Waals surface area (Å²) >= 11 is 0. The average molecular weight is 503 g/mol. The van der Waals surface area contributed by atoms with Gasteiger partial charge in [-0.1, -0.05) is 11.6 Å². The number of allylic oxidation sites excluding steroid dienone is 2. The molecule has 3 heterocycles. The Morgan fingerprint density at radius 3 is 2.59 bits per heavy atom. The third-order valence-corrected chi connectivity index (χ3v) is 7.80. The second-order valence-corrected chi connectivity index (χ2v) is 11.3. The van der Waals surface area contributed by atoms with Crippen LogP contribution in [0, 0.1) is 0 Å². The molecule has 0 spiro atoms. The van der Waals surface area contributed by atoms with E-state index in [1.807, 2.05) is 40.7 Å². The first-order valence-electron chi connectivity index (χ1n) is 12.6. The Balaban J connectivity index is 1.59. The molecule has 6 rings (SSSR count). The van der Waals surface area contributed by atoms with E-state index >= 15 is 0 Å². The zero-order valence-electron chi connectivity index (χ0n) is 21.6. The number of phenols is 3. The van der Waals surface area contributed by atoms with E-state index in [0.29, 0.717) is 40.2 Å². The molecule has 0 unspecified atom stereocenters. The van der Waals surface area contributed by atoms with Gasteiger partial charge in [0.15, 0.2) is 16.9 Å². The van der Waals surface area contributed by atoms with Crippen LogP contribution in [-0.4, -0.2) is 26.5 Å². The van der Waals surface area contributed by atoms with E-state index in [0.717, 1.165) is 6.42 Å². The van der Waals surface area contributed by atoms with Crippen LogP contribution in [0.5, 0.6) is 28.7 Å². The smallest absolute Gasteiger partial charge is 0.200 e. The summed E-state index contributed by atoms with van der Waals surface area (Å²) in [6.45, 7) is 9.83. The number of aromatic hydroxyl groups is 3. The Morgan fingerprint density at radius 2 is 1.86 bits per heavy atom. The summed E-state index contributed by atoms with van der Waals surface area (Å²) < 4.78 is 18.7. The molecule has 0 saturated carbocycles. The number of benzene rings is 2. The van der Waals surface area contributed by atoms with Gasteiger partial charge in [0.1, 0.15) is 45.2 Å². The predicted molar refractivity (Wildman–Crippen MR) is 141 cm³/mol. The largest absolute Gasteiger partial charge is 0.507 e. The van der Waals surface area contributed by atoms with Crippen LogP contribution in [0.2, 0.25) is 0 Å². The van der Waals surface area contributed by atoms with Crippen molar-refractivity contribution >= 4 is 17.0 Å². The van der Waals surface area contributed by atoms with E-state index in [4.69, 9.17) is 13.9 Å². The second-order valence-electron chi connectivity index (χ2n) is 11.3. The summed E-state index contributed by atoms with van der Waals surface area (Å²) in [5.41, 5.74) is 1.50. The lowest BCUT2D eigenvalue weighted by atomic mass is 9.72. The highest BCUT2D eigenvalue weighted by Crippen LogP contribution is 2.60. The summed E-state index contributed by atoms with van der Waals surface area (Å²) in [5, 5.41) is 32.9. The van der Waals surface area contributed by atoms with Crippen LogP contribution >= 0.6 is 0 Å². The number of hydrogen-bond acceptors (Lipinski definition) is 7. The van der Waals surface area contributed by atoms with Crippen molar-refractivity contribution in [2.45, 2.75) is 71.0 Å². The third-order valence-electron chi connectivity index (χ3n) is 7.80. The SMILES string of the molecule is CC(C)=CCC[C@]1(C)Oc2c(O)cc(O)c3c2[C@H]1Cc1c-3oc2cc3c(c(O)c2c1=O)C=CC(C)(C)O3. The topological polar surface area (TPSA) is 109 Å². The number of rotatable bonds is 3. The molecule has 0 fully saturated rings. The lowest BCUT2D eigenvalue weighted by Gasteiger charge is -2.33. The van der Waals surface area contributed by atoms with E-state index in [-0.39, 0.29) is 51.7 Å². The molecule has 3 N–H and O–H groups in total. The quantitative estimate of drug-likeness (QED) is 0.361. The van der Waals surface area contributed by atoms with Gasteiger partial charge in [0.05, 0.1) is 11.1 Å². The highest BCUT2D eigenvalue weighted by Gasteiger charge is 2.51. The van der Waals surface area contributed by atoms with Gasteiger partial charge in [-0.05, 0) is 66.0 Å². The number of hydrogen-bond donors (Lipinski definition) is 3. The maximum absolute atomic E-state index is 13.9. The molecular formula is C30H30O7. The second kappa shape index (κ2) is 7.57. The summed E-state index contributed by atoms with van der Waals surface area (Å²) in [6.07, 6.45) is 7.43. The van der Waals surface area contributed by atoms with Gasteiger partial charge in [0.2, 0.25) is 0 Å². The molecule has 2 atom stereocenters. The first kappa shape index (κ1) is 23.5. The molecule has 2 aromatic carbocycles. The van der Waals surface area contributed by atoms with E-state index in [9.17, 15) is 20.1 Å². The van der Waals surface area contributed by atoms with Gasteiger partial charge in [-0.25, -0.2) is 0 Å². The van der Waals surface area contributed by atoms with Crippen molar-refractivity contribution in [3.05, 3.63) is 56.8 Å². The van der Waals surface area contributed by atoms with E-state index in [2.05, 4.69) is 6.08 Å². The third kappa shape index (κ3) is 3.36. The monoisotopic (exact) mass is 502 g/mol. The van der Waals surface area contributed by atoms with Crippen LogP contribution in [0.1, 0.15) is 70.1 Å². The fourth-order valence-electron chi connectivity index (χ4n) is 5.94. The molecule has 192 valence electrons. The number of phenolic OH excluding ortho intramolecular Hbond substituents is 3. The van der Waals surface area contributed by atoms with Crippen LogP contribution in [-0.2, 0) is 6.42 Å². The van der Waals surface area contributed by atoms with Gasteiger partial charge in [-0.3, -0.25) is 4.79 Å². The van der Waals surface area contributed by atoms with Gasteiger partial charge in [-0.15, -0.1) is 0 Å². The molecule has 7 nitrogen and oxygen atoms in total. The molecular weight excluding hydrogens is 472 g/mol. The zero-order chi connectivity index (χ0) is 26.4. The first-order chi connectivity index (χ1) is 17.4. The van der Waals surface area contributed by atoms with Crippen molar-refractivity contribution in [2.24, 2.45) is 0 Å². The fourth-order valence-corrected chi connectivity index (χ4v) is 5.94. The summed E-state index contributed by atoms with van der Waals surface area (Å²) in [5.74, 6) is 0.129. The number of fused-ring (bicyclic) bond motifs is 4. The van der Waals surface area contributed by atoms with Crippen LogP contribution in [0.4, 0.5) is 0 Å². The minimum atomic E-state index is -0.715. The molecule has 2 aliphatic heterocycles. The minimum absolute atomic E-state index is 0.0811. The van der Waals surface area contributed by atoms with Crippen LogP contribution in [0.15, 0.2) is 39.1 Å². The summed E-state index contributed by atoms with van der Waals surface area (Å²) in [7, 11) is 0. The highest BCUT2D eigenvalue weighted by atomic mass is 16.5. The summed E-state index contributed by atoms with van der Waals surface area (Å²) in [4.78, 5) is 13.9. The van der Waals surface area contributed by atoms with E-state index in [1.54, 1.807) is 12.1 Å². The van der Waals surface area contributed by atoms with Crippen LogP contribution in [0.25, 0.3) is 28.4 Å². The van der Waals surface area contributed by atoms with Crippen LogP contribution in [0.3, 0.4) is 0 Å². The maximum Gasteiger partial charge on any atom is 0.200 e. The molecule has 0 saturated heterocycles. The Bertz CT molecular complexity index is 1620. The van der Waals surface area contributed by atoms with Gasteiger partial charge in [0, 0.05) is 29.2 Å². The van der Waals surface area contributed by atoms with Gasteiger partial charge < -0.3 is 29.2 Å². The van der Waals surface area contributed by atoms with Crippen molar-refractivity contribution in [3.8, 4) is 40.1 Å². The van der Waals surface area contributed by atoms with Crippen molar-refractivity contribution in [1.29, 1.82) is 0 Å². The highest BCUT2D eigenvalue weighted by molar-refractivity contribution is 5.94. The Kier molecular flexibility index (Phi) is 4.81. The van der Waals surface area contributed by atoms with Crippen molar-refractivity contribution in [3.63, 3.8) is 0 Å². The van der Waals surface area contributed by atoms with Gasteiger partial charge in [-0.2, -0.15) is 0 Å². The van der Waals surface area contributed by atoms with E-state index < -0.39 is 11.2 Å². The standard InChI is InChI=1S/C30H30O7/c1-14(2)7-6-9-30(5)17-11-16-26(34)24-21(13-20-15(25(24)33)8-10-29(3,4)36-20)35-27(16)23-18(31)12-19(32)28(37-30)22(17)23/h7-8,10,12-13,17,31-33H,6,9,11H2,1-5H3/t17-,30+/m1/s1. The Morgan fingerprint density at radius 1 is 1.11 bits per heavy atom.